The van der Waals surface area contributed by atoms with E-state index in [2.05, 4.69) is 10.2 Å². The van der Waals surface area contributed by atoms with Gasteiger partial charge in [0.1, 0.15) is 17.1 Å². The fraction of sp³-hybridized carbons (Fsp3) is 0.190. The van der Waals surface area contributed by atoms with E-state index in [0.29, 0.717) is 34.8 Å². The molecule has 7 nitrogen and oxygen atoms in total. The quantitative estimate of drug-likeness (QED) is 0.253. The van der Waals surface area contributed by atoms with Crippen LogP contribution in [0, 0.1) is 6.92 Å². The maximum atomic E-state index is 11.5. The SMILES string of the molecule is COc1ccc(-c2nnc(SCCOc3ccc4c(C)cc(=O)oc4c3)o2)cc1. The molecule has 0 saturated heterocycles. The van der Waals surface area contributed by atoms with Gasteiger partial charge in [0.15, 0.2) is 0 Å². The molecule has 29 heavy (non-hydrogen) atoms. The molecule has 2 aromatic heterocycles. The van der Waals surface area contributed by atoms with Crippen molar-refractivity contribution >= 4 is 22.7 Å². The van der Waals surface area contributed by atoms with Gasteiger partial charge in [-0.25, -0.2) is 4.79 Å². The lowest BCUT2D eigenvalue weighted by Gasteiger charge is -2.06. The molecule has 2 heterocycles. The van der Waals surface area contributed by atoms with E-state index in [4.69, 9.17) is 18.3 Å². The molecule has 0 bridgehead atoms. The Labute approximate surface area is 170 Å². The van der Waals surface area contributed by atoms with Crippen LogP contribution in [0.4, 0.5) is 0 Å². The first-order chi connectivity index (χ1) is 14.1. The number of benzene rings is 2. The summed E-state index contributed by atoms with van der Waals surface area (Å²) < 4.78 is 21.8. The Morgan fingerprint density at radius 2 is 1.79 bits per heavy atom. The van der Waals surface area contributed by atoms with E-state index in [-0.39, 0.29) is 5.63 Å². The summed E-state index contributed by atoms with van der Waals surface area (Å²) in [5.41, 5.74) is 1.85. The van der Waals surface area contributed by atoms with Crippen LogP contribution in [0.3, 0.4) is 0 Å². The second-order valence-electron chi connectivity index (χ2n) is 6.20. The zero-order chi connectivity index (χ0) is 20.2. The summed E-state index contributed by atoms with van der Waals surface area (Å²) in [7, 11) is 1.62. The highest BCUT2D eigenvalue weighted by Crippen LogP contribution is 2.26. The average molecular weight is 410 g/mol. The van der Waals surface area contributed by atoms with Crippen molar-refractivity contribution in [3.63, 3.8) is 0 Å². The second kappa shape index (κ2) is 8.40. The van der Waals surface area contributed by atoms with Crippen molar-refractivity contribution in [2.45, 2.75) is 12.1 Å². The van der Waals surface area contributed by atoms with E-state index in [9.17, 15) is 4.79 Å². The number of fused-ring (bicyclic) bond motifs is 1. The van der Waals surface area contributed by atoms with Gasteiger partial charge in [-0.1, -0.05) is 11.8 Å². The molecule has 0 aliphatic heterocycles. The van der Waals surface area contributed by atoms with Crippen molar-refractivity contribution in [1.82, 2.24) is 10.2 Å². The molecule has 0 N–H and O–H groups in total. The van der Waals surface area contributed by atoms with Gasteiger partial charge in [-0.2, -0.15) is 0 Å². The third-order valence-corrected chi connectivity index (χ3v) is 5.03. The molecular formula is C21H18N2O5S. The lowest BCUT2D eigenvalue weighted by atomic mass is 10.1. The monoisotopic (exact) mass is 410 g/mol. The van der Waals surface area contributed by atoms with Gasteiger partial charge >= 0.3 is 5.63 Å². The summed E-state index contributed by atoms with van der Waals surface area (Å²) in [5, 5.41) is 9.48. The van der Waals surface area contributed by atoms with Gasteiger partial charge in [0.25, 0.3) is 5.22 Å². The van der Waals surface area contributed by atoms with E-state index < -0.39 is 0 Å². The first-order valence-electron chi connectivity index (χ1n) is 8.90. The van der Waals surface area contributed by atoms with Crippen molar-refractivity contribution in [2.24, 2.45) is 0 Å². The second-order valence-corrected chi connectivity index (χ2v) is 7.25. The molecule has 148 valence electrons. The molecule has 0 saturated carbocycles. The first kappa shape index (κ1) is 19.1. The Balaban J connectivity index is 1.33. The summed E-state index contributed by atoms with van der Waals surface area (Å²) >= 11 is 1.41. The molecule has 0 aliphatic rings. The molecule has 0 fully saturated rings. The molecule has 4 rings (SSSR count). The minimum absolute atomic E-state index is 0.369. The third kappa shape index (κ3) is 4.43. The standard InChI is InChI=1S/C21H18N2O5S/c1-13-11-19(24)27-18-12-16(7-8-17(13)18)26-9-10-29-21-23-22-20(28-21)14-3-5-15(25-2)6-4-14/h3-8,11-12H,9-10H2,1-2H3. The molecule has 0 amide bonds. The van der Waals surface area contributed by atoms with E-state index in [1.165, 1.54) is 17.8 Å². The minimum atomic E-state index is -0.369. The summed E-state index contributed by atoms with van der Waals surface area (Å²) in [4.78, 5) is 11.5. The molecular weight excluding hydrogens is 392 g/mol. The molecule has 4 aromatic rings. The maximum Gasteiger partial charge on any atom is 0.336 e. The number of aromatic nitrogens is 2. The zero-order valence-corrected chi connectivity index (χ0v) is 16.7. The van der Waals surface area contributed by atoms with E-state index in [1.54, 1.807) is 13.2 Å². The summed E-state index contributed by atoms with van der Waals surface area (Å²) in [6, 6.07) is 14.4. The largest absolute Gasteiger partial charge is 0.497 e. The lowest BCUT2D eigenvalue weighted by molar-refractivity contribution is 0.343. The number of hydrogen-bond acceptors (Lipinski definition) is 8. The highest BCUT2D eigenvalue weighted by molar-refractivity contribution is 7.99. The highest BCUT2D eigenvalue weighted by atomic mass is 32.2. The van der Waals surface area contributed by atoms with Gasteiger partial charge in [0.2, 0.25) is 5.89 Å². The topological polar surface area (TPSA) is 87.6 Å². The number of thioether (sulfide) groups is 1. The highest BCUT2D eigenvalue weighted by Gasteiger charge is 2.10. The Hall–Kier alpha value is -3.26. The van der Waals surface area contributed by atoms with Gasteiger partial charge in [-0.15, -0.1) is 10.2 Å². The van der Waals surface area contributed by atoms with Crippen molar-refractivity contribution in [2.75, 3.05) is 19.5 Å². The van der Waals surface area contributed by atoms with E-state index in [1.807, 2.05) is 43.3 Å². The van der Waals surface area contributed by atoms with E-state index >= 15 is 0 Å². The van der Waals surface area contributed by atoms with Crippen molar-refractivity contribution < 1.29 is 18.3 Å². The van der Waals surface area contributed by atoms with Crippen LogP contribution in [-0.4, -0.2) is 29.7 Å². The molecule has 0 aliphatic carbocycles. The first-order valence-corrected chi connectivity index (χ1v) is 9.89. The number of aryl methyl sites for hydroxylation is 1. The van der Waals surface area contributed by atoms with Gasteiger partial charge in [-0.05, 0) is 48.9 Å². The van der Waals surface area contributed by atoms with Crippen LogP contribution in [0.2, 0.25) is 0 Å². The Kier molecular flexibility index (Phi) is 5.53. The Morgan fingerprint density at radius 1 is 1.00 bits per heavy atom. The van der Waals surface area contributed by atoms with Crippen LogP contribution in [0.15, 0.2) is 67.4 Å². The number of ether oxygens (including phenoxy) is 2. The maximum absolute atomic E-state index is 11.5. The van der Waals surface area contributed by atoms with Crippen molar-refractivity contribution in [3.05, 3.63) is 64.5 Å². The third-order valence-electron chi connectivity index (χ3n) is 4.24. The van der Waals surface area contributed by atoms with Crippen LogP contribution >= 0.6 is 11.8 Å². The van der Waals surface area contributed by atoms with Gasteiger partial charge in [0.05, 0.1) is 13.7 Å². The normalized spacial score (nSPS) is 11.0. The van der Waals surface area contributed by atoms with Gasteiger partial charge < -0.3 is 18.3 Å². The zero-order valence-electron chi connectivity index (χ0n) is 15.9. The number of hydrogen-bond donors (Lipinski definition) is 0. The van der Waals surface area contributed by atoms with Crippen LogP contribution in [0.5, 0.6) is 11.5 Å². The number of nitrogens with zero attached hydrogens (tertiary/aromatic N) is 2. The number of rotatable bonds is 7. The molecule has 0 radical (unpaired) electrons. The molecule has 0 atom stereocenters. The van der Waals surface area contributed by atoms with Gasteiger partial charge in [-0.3, -0.25) is 0 Å². The van der Waals surface area contributed by atoms with Crippen LogP contribution in [0.1, 0.15) is 5.56 Å². The van der Waals surface area contributed by atoms with Crippen molar-refractivity contribution in [1.29, 1.82) is 0 Å². The molecule has 0 spiro atoms. The van der Waals surface area contributed by atoms with Crippen LogP contribution in [-0.2, 0) is 0 Å². The summed E-state index contributed by atoms with van der Waals surface area (Å²) in [5.74, 6) is 2.48. The smallest absolute Gasteiger partial charge is 0.336 e. The lowest BCUT2D eigenvalue weighted by Crippen LogP contribution is -2.01. The minimum Gasteiger partial charge on any atom is -0.497 e. The molecule has 0 unspecified atom stereocenters. The molecule has 8 heteroatoms. The van der Waals surface area contributed by atoms with E-state index in [0.717, 1.165) is 22.3 Å². The van der Waals surface area contributed by atoms with Crippen molar-refractivity contribution in [3.8, 4) is 23.0 Å². The Bertz CT molecular complexity index is 1180. The summed E-state index contributed by atoms with van der Waals surface area (Å²) in [6.07, 6.45) is 0. The molecule has 2 aromatic carbocycles. The Morgan fingerprint density at radius 3 is 2.59 bits per heavy atom. The fourth-order valence-corrected chi connectivity index (χ4v) is 3.38. The van der Waals surface area contributed by atoms with Crippen LogP contribution in [0.25, 0.3) is 22.4 Å². The predicted molar refractivity (Wildman–Crippen MR) is 110 cm³/mol. The number of methoxy groups -OCH3 is 1. The van der Waals surface area contributed by atoms with Crippen LogP contribution < -0.4 is 15.1 Å². The predicted octanol–water partition coefficient (Wildman–Crippen LogP) is 4.33. The fourth-order valence-electron chi connectivity index (χ4n) is 2.80. The van der Waals surface area contributed by atoms with Gasteiger partial charge in [0, 0.05) is 28.8 Å². The summed E-state index contributed by atoms with van der Waals surface area (Å²) in [6.45, 7) is 2.31. The average Bonchev–Trinajstić information content (AvgIpc) is 3.20.